The number of benzene rings is 2. The smallest absolute Gasteiger partial charge is 0.269 e. The molecule has 3 amide bonds. The van der Waals surface area contributed by atoms with E-state index in [-0.39, 0.29) is 23.9 Å². The summed E-state index contributed by atoms with van der Waals surface area (Å²) in [6.45, 7) is 6.14. The third-order valence-electron chi connectivity index (χ3n) is 6.78. The fourth-order valence-electron chi connectivity index (χ4n) is 4.58. The largest absolute Gasteiger partial charge is 0.381 e. The minimum absolute atomic E-state index is 0.217. The zero-order valence-electron chi connectivity index (χ0n) is 21.7. The summed E-state index contributed by atoms with van der Waals surface area (Å²) in [6, 6.07) is 15.4. The second-order valence-corrected chi connectivity index (χ2v) is 11.5. The maximum Gasteiger partial charge on any atom is 0.269 e. The van der Waals surface area contributed by atoms with Crippen LogP contribution in [0, 0.1) is 6.92 Å². The van der Waals surface area contributed by atoms with E-state index in [4.69, 9.17) is 0 Å². The van der Waals surface area contributed by atoms with Crippen molar-refractivity contribution in [3.05, 3.63) is 89.5 Å². The van der Waals surface area contributed by atoms with Crippen LogP contribution in [-0.2, 0) is 22.6 Å². The highest BCUT2D eigenvalue weighted by atomic mass is 32.2. The first kappa shape index (κ1) is 27.4. The molecule has 4 rings (SSSR count). The molecule has 3 atom stereocenters. The molecule has 0 aliphatic carbocycles. The minimum atomic E-state index is -1.57. The minimum Gasteiger partial charge on any atom is -0.381 e. The van der Waals surface area contributed by atoms with Gasteiger partial charge in [-0.25, -0.2) is 4.98 Å². The Morgan fingerprint density at radius 2 is 1.87 bits per heavy atom. The molecule has 2 heterocycles. The maximum atomic E-state index is 13.7. The van der Waals surface area contributed by atoms with Crippen molar-refractivity contribution in [2.45, 2.75) is 56.7 Å². The zero-order chi connectivity index (χ0) is 27.3. The van der Waals surface area contributed by atoms with Gasteiger partial charge in [0.25, 0.3) is 11.8 Å². The Kier molecular flexibility index (Phi) is 8.53. The van der Waals surface area contributed by atoms with Gasteiger partial charge in [-0.15, -0.1) is 11.8 Å². The molecule has 1 aliphatic rings. The van der Waals surface area contributed by atoms with Crippen molar-refractivity contribution < 1.29 is 19.5 Å². The lowest BCUT2D eigenvalue weighted by Crippen LogP contribution is -2.58. The second kappa shape index (κ2) is 11.8. The van der Waals surface area contributed by atoms with Gasteiger partial charge in [0.1, 0.15) is 11.7 Å². The third-order valence-corrected chi connectivity index (χ3v) is 8.16. The van der Waals surface area contributed by atoms with E-state index < -0.39 is 34.7 Å². The van der Waals surface area contributed by atoms with Crippen LogP contribution in [0.4, 0.5) is 0 Å². The van der Waals surface area contributed by atoms with Gasteiger partial charge < -0.3 is 25.6 Å². The average Bonchev–Trinajstić information content (AvgIpc) is 3.55. The van der Waals surface area contributed by atoms with Gasteiger partial charge >= 0.3 is 0 Å². The number of nitrogens with zero attached hydrogens (tertiary/aromatic N) is 2. The van der Waals surface area contributed by atoms with Crippen molar-refractivity contribution in [2.75, 3.05) is 5.88 Å². The number of H-pyrrole nitrogens is 1. The predicted octanol–water partition coefficient (Wildman–Crippen LogP) is 2.42. The Bertz CT molecular complexity index is 1270. The monoisotopic (exact) mass is 535 g/mol. The molecular formula is C28H33N5O4S. The summed E-state index contributed by atoms with van der Waals surface area (Å²) in [5.41, 5.74) is 3.12. The Hall–Kier alpha value is -3.63. The van der Waals surface area contributed by atoms with Crippen LogP contribution in [0.5, 0.6) is 0 Å². The van der Waals surface area contributed by atoms with Gasteiger partial charge in [-0.2, -0.15) is 0 Å². The number of aromatic nitrogens is 2. The summed E-state index contributed by atoms with van der Waals surface area (Å²) in [5, 5.41) is 17.0. The van der Waals surface area contributed by atoms with Gasteiger partial charge in [-0.3, -0.25) is 14.4 Å². The van der Waals surface area contributed by atoms with Crippen molar-refractivity contribution in [1.82, 2.24) is 25.5 Å². The Balaban J connectivity index is 1.52. The number of aliphatic hydroxyl groups is 1. The van der Waals surface area contributed by atoms with Crippen LogP contribution in [0.25, 0.3) is 0 Å². The molecule has 38 heavy (non-hydrogen) atoms. The fourth-order valence-corrected chi connectivity index (χ4v) is 5.72. The number of nitrogens with one attached hydrogen (secondary N) is 3. The van der Waals surface area contributed by atoms with E-state index in [9.17, 15) is 19.5 Å². The molecule has 1 aromatic heterocycles. The van der Waals surface area contributed by atoms with Gasteiger partial charge in [-0.1, -0.05) is 54.6 Å². The number of aromatic amines is 1. The number of aliphatic hydroxyl groups excluding tert-OH is 1. The highest BCUT2D eigenvalue weighted by molar-refractivity contribution is 8.00. The summed E-state index contributed by atoms with van der Waals surface area (Å²) >= 11 is 1.47. The van der Waals surface area contributed by atoms with Gasteiger partial charge in [0.15, 0.2) is 6.10 Å². The molecule has 1 fully saturated rings. The number of imidazole rings is 1. The van der Waals surface area contributed by atoms with Crippen molar-refractivity contribution >= 4 is 29.5 Å². The number of carbonyl (C=O) groups excluding carboxylic acids is 3. The predicted molar refractivity (Wildman–Crippen MR) is 146 cm³/mol. The number of hydrogen-bond donors (Lipinski definition) is 4. The van der Waals surface area contributed by atoms with Gasteiger partial charge in [0.05, 0.1) is 24.4 Å². The quantitative estimate of drug-likeness (QED) is 0.333. The second-order valence-electron chi connectivity index (χ2n) is 9.91. The molecule has 9 nitrogen and oxygen atoms in total. The van der Waals surface area contributed by atoms with Crippen LogP contribution in [0.2, 0.25) is 0 Å². The van der Waals surface area contributed by atoms with Crippen LogP contribution >= 0.6 is 11.8 Å². The van der Waals surface area contributed by atoms with Gasteiger partial charge in [0, 0.05) is 11.3 Å². The SMILES string of the molecule is Cc1ccccc1CNC(=O)C1N(C(=O)C(O)C(Cc2ccccc2)NC(=O)c2cnc[nH]2)CSC1(C)C. The summed E-state index contributed by atoms with van der Waals surface area (Å²) in [7, 11) is 0. The van der Waals surface area contributed by atoms with Crippen LogP contribution in [0.15, 0.2) is 67.1 Å². The van der Waals surface area contributed by atoms with Crippen LogP contribution < -0.4 is 10.6 Å². The third kappa shape index (κ3) is 6.25. The number of rotatable bonds is 9. The molecule has 1 saturated heterocycles. The van der Waals surface area contributed by atoms with Crippen molar-refractivity contribution in [3.8, 4) is 0 Å². The number of amides is 3. The molecule has 200 valence electrons. The molecule has 1 aliphatic heterocycles. The summed E-state index contributed by atoms with van der Waals surface area (Å²) in [5.74, 6) is -1.13. The number of hydrogen-bond acceptors (Lipinski definition) is 6. The molecule has 4 N–H and O–H groups in total. The maximum absolute atomic E-state index is 13.7. The normalized spacial score (nSPS) is 18.0. The van der Waals surface area contributed by atoms with E-state index in [1.54, 1.807) is 0 Å². The molecule has 3 aromatic rings. The number of thioether (sulfide) groups is 1. The van der Waals surface area contributed by atoms with Crippen LogP contribution in [0.1, 0.15) is 41.0 Å². The summed E-state index contributed by atoms with van der Waals surface area (Å²) in [6.07, 6.45) is 1.41. The lowest BCUT2D eigenvalue weighted by atomic mass is 9.97. The highest BCUT2D eigenvalue weighted by Crippen LogP contribution is 2.40. The van der Waals surface area contributed by atoms with E-state index in [1.165, 1.54) is 29.2 Å². The molecule has 0 radical (unpaired) electrons. The Morgan fingerprint density at radius 1 is 1.16 bits per heavy atom. The van der Waals surface area contributed by atoms with E-state index in [0.29, 0.717) is 6.54 Å². The number of aryl methyl sites for hydroxylation is 1. The standard InChI is InChI=1S/C28H33N5O4S/c1-18-9-7-8-12-20(18)14-30-26(36)24-28(2,3)38-17-33(24)27(37)23(34)21(13-19-10-5-4-6-11-19)32-25(35)22-15-29-16-31-22/h4-12,15-16,21,23-24,34H,13-14,17H2,1-3H3,(H,29,31)(H,30,36)(H,32,35). The van der Waals surface area contributed by atoms with Crippen molar-refractivity contribution in [3.63, 3.8) is 0 Å². The topological polar surface area (TPSA) is 127 Å². The van der Waals surface area contributed by atoms with Gasteiger partial charge in [0.2, 0.25) is 5.91 Å². The molecule has 3 unspecified atom stereocenters. The average molecular weight is 536 g/mol. The summed E-state index contributed by atoms with van der Waals surface area (Å²) < 4.78 is -0.570. The highest BCUT2D eigenvalue weighted by Gasteiger charge is 2.49. The van der Waals surface area contributed by atoms with Crippen molar-refractivity contribution in [2.24, 2.45) is 0 Å². The van der Waals surface area contributed by atoms with E-state index in [1.807, 2.05) is 75.4 Å². The Labute approximate surface area is 226 Å². The lowest BCUT2D eigenvalue weighted by molar-refractivity contribution is -0.147. The first-order chi connectivity index (χ1) is 18.2. The van der Waals surface area contributed by atoms with E-state index >= 15 is 0 Å². The lowest BCUT2D eigenvalue weighted by Gasteiger charge is -2.33. The molecule has 0 saturated carbocycles. The van der Waals surface area contributed by atoms with Crippen LogP contribution in [-0.4, -0.2) is 66.5 Å². The molecule has 2 aromatic carbocycles. The first-order valence-electron chi connectivity index (χ1n) is 12.5. The first-order valence-corrected chi connectivity index (χ1v) is 13.4. The van der Waals surface area contributed by atoms with E-state index in [2.05, 4.69) is 20.6 Å². The molecular weight excluding hydrogens is 502 g/mol. The molecule has 0 bridgehead atoms. The fraction of sp³-hybridized carbons (Fsp3) is 0.357. The molecule has 0 spiro atoms. The zero-order valence-corrected chi connectivity index (χ0v) is 22.5. The molecule has 10 heteroatoms. The van der Waals surface area contributed by atoms with E-state index in [0.717, 1.165) is 16.7 Å². The number of carbonyl (C=O) groups is 3. The van der Waals surface area contributed by atoms with Crippen LogP contribution in [0.3, 0.4) is 0 Å². The van der Waals surface area contributed by atoms with Gasteiger partial charge in [-0.05, 0) is 43.9 Å². The Morgan fingerprint density at radius 3 is 2.55 bits per heavy atom. The van der Waals surface area contributed by atoms with Crippen molar-refractivity contribution in [1.29, 1.82) is 0 Å². The summed E-state index contributed by atoms with van der Waals surface area (Å²) in [4.78, 5) is 47.9.